The van der Waals surface area contributed by atoms with Crippen LogP contribution in [0.1, 0.15) is 122 Å². The normalized spacial score (nSPS) is 11.2. The minimum absolute atomic E-state index is 0.150. The van der Waals surface area contributed by atoms with Crippen LogP contribution in [-0.2, 0) is 9.59 Å². The molecule has 0 aliphatic carbocycles. The number of amides is 1. The summed E-state index contributed by atoms with van der Waals surface area (Å²) in [5.41, 5.74) is 0. The lowest BCUT2D eigenvalue weighted by Crippen LogP contribution is -2.28. The molecule has 28 heavy (non-hydrogen) atoms. The van der Waals surface area contributed by atoms with Gasteiger partial charge in [-0.05, 0) is 32.1 Å². The lowest BCUT2D eigenvalue weighted by Gasteiger charge is -2.03. The molecule has 164 valence electrons. The molecule has 0 rings (SSSR count). The number of carbonyl (C=O) groups is 2. The molecule has 0 unspecified atom stereocenters. The van der Waals surface area contributed by atoms with Crippen LogP contribution in [0.4, 0.5) is 0 Å². The van der Waals surface area contributed by atoms with Crippen molar-refractivity contribution >= 4 is 11.9 Å². The van der Waals surface area contributed by atoms with Crippen LogP contribution in [0.2, 0.25) is 0 Å². The van der Waals surface area contributed by atoms with Gasteiger partial charge in [-0.2, -0.15) is 0 Å². The van der Waals surface area contributed by atoms with Gasteiger partial charge < -0.3 is 10.4 Å². The predicted octanol–water partition coefficient (Wildman–Crippen LogP) is 6.79. The molecule has 0 aliphatic heterocycles. The number of carboxylic acids is 1. The van der Waals surface area contributed by atoms with Gasteiger partial charge in [-0.3, -0.25) is 9.59 Å². The largest absolute Gasteiger partial charge is 0.480 e. The predicted molar refractivity (Wildman–Crippen MR) is 119 cm³/mol. The Morgan fingerprint density at radius 2 is 1.11 bits per heavy atom. The van der Waals surface area contributed by atoms with Crippen molar-refractivity contribution in [2.75, 3.05) is 6.54 Å². The Kier molecular flexibility index (Phi) is 20.9. The summed E-state index contributed by atoms with van der Waals surface area (Å²) in [6.07, 6.45) is 26.9. The van der Waals surface area contributed by atoms with Gasteiger partial charge in [0.25, 0.3) is 0 Å². The lowest BCUT2D eigenvalue weighted by atomic mass is 10.1. The molecule has 4 heteroatoms. The first kappa shape index (κ1) is 26.7. The maximum Gasteiger partial charge on any atom is 0.322 e. The highest BCUT2D eigenvalue weighted by Gasteiger charge is 2.03. The van der Waals surface area contributed by atoms with Crippen LogP contribution in [0.5, 0.6) is 0 Å². The summed E-state index contributed by atoms with van der Waals surface area (Å²) in [7, 11) is 0. The van der Waals surface area contributed by atoms with Crippen molar-refractivity contribution in [1.82, 2.24) is 5.32 Å². The minimum Gasteiger partial charge on any atom is -0.480 e. The molecular weight excluding hydrogens is 350 g/mol. The van der Waals surface area contributed by atoms with E-state index in [-0.39, 0.29) is 12.5 Å². The highest BCUT2D eigenvalue weighted by Crippen LogP contribution is 2.12. The van der Waals surface area contributed by atoms with E-state index in [1.54, 1.807) is 0 Å². The third kappa shape index (κ3) is 22.7. The number of unbranched alkanes of at least 4 members (excludes halogenated alkanes) is 15. The molecule has 0 saturated heterocycles. The van der Waals surface area contributed by atoms with Gasteiger partial charge in [0.1, 0.15) is 6.54 Å². The third-order valence-electron chi connectivity index (χ3n) is 5.10. The molecule has 0 bridgehead atoms. The van der Waals surface area contributed by atoms with E-state index < -0.39 is 5.97 Å². The molecule has 0 aromatic carbocycles. The van der Waals surface area contributed by atoms with Gasteiger partial charge in [0.2, 0.25) is 5.91 Å². The van der Waals surface area contributed by atoms with Crippen molar-refractivity contribution in [3.05, 3.63) is 12.2 Å². The molecule has 0 aromatic rings. The van der Waals surface area contributed by atoms with Crippen molar-refractivity contribution in [3.8, 4) is 0 Å². The Labute approximate surface area is 173 Å². The van der Waals surface area contributed by atoms with Crippen molar-refractivity contribution < 1.29 is 14.7 Å². The third-order valence-corrected chi connectivity index (χ3v) is 5.10. The Morgan fingerprint density at radius 1 is 0.679 bits per heavy atom. The van der Waals surface area contributed by atoms with Crippen LogP contribution in [-0.4, -0.2) is 23.5 Å². The fraction of sp³-hybridized carbons (Fsp3) is 0.833. The Hall–Kier alpha value is -1.32. The number of rotatable bonds is 21. The molecular formula is C24H45NO3. The van der Waals surface area contributed by atoms with Gasteiger partial charge in [0, 0.05) is 6.42 Å². The SMILES string of the molecule is CCCCCCCCC=CCCCCCCCCCCCC(=O)NCC(=O)O. The fourth-order valence-corrected chi connectivity index (χ4v) is 3.33. The molecule has 0 saturated carbocycles. The van der Waals surface area contributed by atoms with Crippen molar-refractivity contribution in [2.45, 2.75) is 122 Å². The van der Waals surface area contributed by atoms with Crippen molar-refractivity contribution in [3.63, 3.8) is 0 Å². The van der Waals surface area contributed by atoms with Crippen molar-refractivity contribution in [2.24, 2.45) is 0 Å². The molecule has 0 heterocycles. The van der Waals surface area contributed by atoms with E-state index in [1.165, 1.54) is 96.3 Å². The first-order valence-corrected chi connectivity index (χ1v) is 11.8. The Morgan fingerprint density at radius 3 is 1.57 bits per heavy atom. The molecule has 4 nitrogen and oxygen atoms in total. The zero-order valence-corrected chi connectivity index (χ0v) is 18.4. The van der Waals surface area contributed by atoms with Crippen LogP contribution >= 0.6 is 0 Å². The maximum atomic E-state index is 11.4. The molecule has 0 spiro atoms. The Bertz CT molecular complexity index is 393. The van der Waals surface area contributed by atoms with Crippen LogP contribution in [0.15, 0.2) is 12.2 Å². The van der Waals surface area contributed by atoms with Gasteiger partial charge in [0.05, 0.1) is 0 Å². The van der Waals surface area contributed by atoms with E-state index in [4.69, 9.17) is 5.11 Å². The smallest absolute Gasteiger partial charge is 0.322 e. The van der Waals surface area contributed by atoms with Crippen LogP contribution < -0.4 is 5.32 Å². The highest BCUT2D eigenvalue weighted by molar-refractivity contribution is 5.80. The zero-order valence-electron chi connectivity index (χ0n) is 18.4. The average molecular weight is 396 g/mol. The van der Waals surface area contributed by atoms with E-state index in [9.17, 15) is 9.59 Å². The monoisotopic (exact) mass is 395 g/mol. The quantitative estimate of drug-likeness (QED) is 0.166. The van der Waals surface area contributed by atoms with Gasteiger partial charge >= 0.3 is 5.97 Å². The van der Waals surface area contributed by atoms with Gasteiger partial charge in [-0.25, -0.2) is 0 Å². The lowest BCUT2D eigenvalue weighted by molar-refractivity contribution is -0.137. The molecule has 0 aromatic heterocycles. The van der Waals surface area contributed by atoms with Gasteiger partial charge in [-0.15, -0.1) is 0 Å². The maximum absolute atomic E-state index is 11.4. The number of carbonyl (C=O) groups excluding carboxylic acids is 1. The molecule has 2 N–H and O–H groups in total. The number of hydrogen-bond donors (Lipinski definition) is 2. The molecule has 0 aliphatic rings. The van der Waals surface area contributed by atoms with Crippen LogP contribution in [0, 0.1) is 0 Å². The van der Waals surface area contributed by atoms with Crippen molar-refractivity contribution in [1.29, 1.82) is 0 Å². The molecule has 0 radical (unpaired) electrons. The van der Waals surface area contributed by atoms with Crippen LogP contribution in [0.25, 0.3) is 0 Å². The topological polar surface area (TPSA) is 66.4 Å². The van der Waals surface area contributed by atoms with Gasteiger partial charge in [0.15, 0.2) is 0 Å². The number of allylic oxidation sites excluding steroid dienone is 2. The minimum atomic E-state index is -0.988. The fourth-order valence-electron chi connectivity index (χ4n) is 3.33. The second-order valence-corrected chi connectivity index (χ2v) is 7.92. The number of hydrogen-bond acceptors (Lipinski definition) is 2. The summed E-state index contributed by atoms with van der Waals surface area (Å²) in [6.45, 7) is 2.00. The zero-order chi connectivity index (χ0) is 20.7. The summed E-state index contributed by atoms with van der Waals surface area (Å²) in [6, 6.07) is 0. The summed E-state index contributed by atoms with van der Waals surface area (Å²) >= 11 is 0. The molecule has 0 atom stereocenters. The number of nitrogens with one attached hydrogen (secondary N) is 1. The van der Waals surface area contributed by atoms with E-state index in [2.05, 4.69) is 24.4 Å². The second kappa shape index (κ2) is 22.0. The summed E-state index contributed by atoms with van der Waals surface area (Å²) in [4.78, 5) is 21.7. The van der Waals surface area contributed by atoms with Crippen LogP contribution in [0.3, 0.4) is 0 Å². The van der Waals surface area contributed by atoms with E-state index in [1.807, 2.05) is 0 Å². The van der Waals surface area contributed by atoms with E-state index in [0.29, 0.717) is 6.42 Å². The average Bonchev–Trinajstić information content (AvgIpc) is 2.68. The highest BCUT2D eigenvalue weighted by atomic mass is 16.4. The molecule has 0 fully saturated rings. The van der Waals surface area contributed by atoms with E-state index in [0.717, 1.165) is 12.8 Å². The number of carboxylic acid groups (broad SMARTS) is 1. The Balaban J connectivity index is 3.16. The van der Waals surface area contributed by atoms with E-state index >= 15 is 0 Å². The molecule has 1 amide bonds. The standard InChI is InChI=1S/C24H45NO3/c1-2-3-4-5-6-7-8-9-10-11-12-13-14-15-16-17-18-19-20-21-23(26)25-22-24(27)28/h9-10H,2-8,11-22H2,1H3,(H,25,26)(H,27,28). The second-order valence-electron chi connectivity index (χ2n) is 7.92. The first-order valence-electron chi connectivity index (χ1n) is 11.8. The summed E-state index contributed by atoms with van der Waals surface area (Å²) < 4.78 is 0. The first-order chi connectivity index (χ1) is 13.7. The summed E-state index contributed by atoms with van der Waals surface area (Å²) in [5.74, 6) is -1.14. The number of aliphatic carboxylic acids is 1. The summed E-state index contributed by atoms with van der Waals surface area (Å²) in [5, 5.41) is 10.9. The van der Waals surface area contributed by atoms with Gasteiger partial charge in [-0.1, -0.05) is 96.1 Å².